The van der Waals surface area contributed by atoms with Gasteiger partial charge < -0.3 is 11.1 Å². The maximum absolute atomic E-state index is 13.3. The first-order valence-corrected chi connectivity index (χ1v) is 8.82. The van der Waals surface area contributed by atoms with Gasteiger partial charge in [-0.25, -0.2) is 14.4 Å². The minimum atomic E-state index is -0.547. The number of amides is 1. The van der Waals surface area contributed by atoms with Crippen molar-refractivity contribution in [3.8, 4) is 0 Å². The number of nitrogens with zero attached hydrogens (tertiary/aromatic N) is 2. The third-order valence-corrected chi connectivity index (χ3v) is 4.37. The molecule has 0 aliphatic rings. The largest absolute Gasteiger partial charge is 0.393 e. The highest BCUT2D eigenvalue weighted by Gasteiger charge is 2.13. The molecule has 0 saturated carbocycles. The number of hydrogen-bond donors (Lipinski definition) is 4. The molecule has 3 aromatic rings. The van der Waals surface area contributed by atoms with E-state index in [-0.39, 0.29) is 32.9 Å². The highest BCUT2D eigenvalue weighted by Crippen LogP contribution is 2.27. The predicted octanol–water partition coefficient (Wildman–Crippen LogP) is 4.66. The van der Waals surface area contributed by atoms with Crippen LogP contribution in [0.2, 0.25) is 15.1 Å². The summed E-state index contributed by atoms with van der Waals surface area (Å²) in [5.41, 5.74) is 11.9. The Morgan fingerprint density at radius 1 is 1.00 bits per heavy atom. The minimum absolute atomic E-state index is 0.0527. The molecule has 0 atom stereocenters. The quantitative estimate of drug-likeness (QED) is 0.429. The lowest BCUT2D eigenvalue weighted by Crippen LogP contribution is -2.30. The smallest absolute Gasteiger partial charge is 0.271 e. The van der Waals surface area contributed by atoms with Crippen molar-refractivity contribution in [1.29, 1.82) is 0 Å². The molecule has 0 fully saturated rings. The van der Waals surface area contributed by atoms with Crippen LogP contribution in [0.25, 0.3) is 0 Å². The number of benzene rings is 2. The zero-order valence-electron chi connectivity index (χ0n) is 13.9. The van der Waals surface area contributed by atoms with Crippen LogP contribution in [0.15, 0.2) is 42.7 Å². The molecule has 0 aliphatic heterocycles. The van der Waals surface area contributed by atoms with E-state index in [1.165, 1.54) is 42.7 Å². The van der Waals surface area contributed by atoms with Gasteiger partial charge in [0.1, 0.15) is 17.8 Å². The van der Waals surface area contributed by atoms with Crippen molar-refractivity contribution < 1.29 is 9.18 Å². The summed E-state index contributed by atoms with van der Waals surface area (Å²) in [5, 5.41) is 3.45. The lowest BCUT2D eigenvalue weighted by molar-refractivity contribution is 0.0962. The molecular formula is C17H12Cl3FN6O. The first kappa shape index (κ1) is 19.9. The summed E-state index contributed by atoms with van der Waals surface area (Å²) in [7, 11) is 0. The molecule has 0 saturated heterocycles. The van der Waals surface area contributed by atoms with E-state index in [0.29, 0.717) is 10.7 Å². The van der Waals surface area contributed by atoms with Crippen LogP contribution in [0.5, 0.6) is 0 Å². The Labute approximate surface area is 174 Å². The molecule has 1 aromatic heterocycles. The van der Waals surface area contributed by atoms with E-state index < -0.39 is 11.7 Å². The van der Waals surface area contributed by atoms with Crippen LogP contribution in [0.1, 0.15) is 10.4 Å². The second-order valence-electron chi connectivity index (χ2n) is 5.44. The third-order valence-electron chi connectivity index (χ3n) is 3.54. The van der Waals surface area contributed by atoms with E-state index in [9.17, 15) is 9.18 Å². The van der Waals surface area contributed by atoms with E-state index in [1.807, 2.05) is 0 Å². The van der Waals surface area contributed by atoms with Gasteiger partial charge >= 0.3 is 0 Å². The molecule has 1 heterocycles. The van der Waals surface area contributed by atoms with Gasteiger partial charge in [-0.15, -0.1) is 0 Å². The maximum atomic E-state index is 13.3. The molecule has 28 heavy (non-hydrogen) atoms. The number of hydrazine groups is 1. The topological polar surface area (TPSA) is 105 Å². The highest BCUT2D eigenvalue weighted by molar-refractivity contribution is 6.36. The van der Waals surface area contributed by atoms with Gasteiger partial charge in [0.25, 0.3) is 5.91 Å². The lowest BCUT2D eigenvalue weighted by atomic mass is 10.2. The van der Waals surface area contributed by atoms with Crippen molar-refractivity contribution in [2.75, 3.05) is 16.5 Å². The Morgan fingerprint density at radius 3 is 2.46 bits per heavy atom. The van der Waals surface area contributed by atoms with Gasteiger partial charge in [-0.3, -0.25) is 15.6 Å². The Kier molecular flexibility index (Phi) is 6.03. The van der Waals surface area contributed by atoms with Crippen LogP contribution in [0.4, 0.5) is 27.4 Å². The SMILES string of the molecule is Nc1c(NNC(=O)c2ccc(Cl)cc2Cl)ncnc1Nc1ccc(F)c(Cl)c1. The van der Waals surface area contributed by atoms with Crippen molar-refractivity contribution in [3.05, 3.63) is 69.2 Å². The fourth-order valence-corrected chi connectivity index (χ4v) is 2.84. The summed E-state index contributed by atoms with van der Waals surface area (Å²) in [6.45, 7) is 0. The van der Waals surface area contributed by atoms with Crippen molar-refractivity contribution in [3.63, 3.8) is 0 Å². The number of carbonyl (C=O) groups is 1. The molecule has 0 bridgehead atoms. The summed E-state index contributed by atoms with van der Waals surface area (Å²) < 4.78 is 13.3. The van der Waals surface area contributed by atoms with Gasteiger partial charge in [-0.1, -0.05) is 34.8 Å². The van der Waals surface area contributed by atoms with Crippen LogP contribution < -0.4 is 21.9 Å². The zero-order valence-corrected chi connectivity index (χ0v) is 16.2. The van der Waals surface area contributed by atoms with Crippen molar-refractivity contribution in [2.24, 2.45) is 0 Å². The summed E-state index contributed by atoms with van der Waals surface area (Å²) in [6, 6.07) is 8.54. The number of hydrogen-bond acceptors (Lipinski definition) is 6. The van der Waals surface area contributed by atoms with E-state index in [2.05, 4.69) is 26.1 Å². The second-order valence-corrected chi connectivity index (χ2v) is 6.69. The molecule has 2 aromatic carbocycles. The highest BCUT2D eigenvalue weighted by atomic mass is 35.5. The number of nitrogen functional groups attached to an aromatic ring is 1. The molecule has 3 rings (SSSR count). The first-order chi connectivity index (χ1) is 13.3. The van der Waals surface area contributed by atoms with Gasteiger partial charge in [-0.2, -0.15) is 0 Å². The van der Waals surface area contributed by atoms with Crippen LogP contribution in [-0.4, -0.2) is 15.9 Å². The van der Waals surface area contributed by atoms with Crippen LogP contribution >= 0.6 is 34.8 Å². The fourth-order valence-electron chi connectivity index (χ4n) is 2.16. The molecule has 0 aliphatic carbocycles. The van der Waals surface area contributed by atoms with Gasteiger partial charge in [0.15, 0.2) is 11.6 Å². The Morgan fingerprint density at radius 2 is 1.75 bits per heavy atom. The van der Waals surface area contributed by atoms with Crippen LogP contribution in [-0.2, 0) is 0 Å². The molecule has 1 amide bonds. The van der Waals surface area contributed by atoms with Crippen LogP contribution in [0, 0.1) is 5.82 Å². The summed E-state index contributed by atoms with van der Waals surface area (Å²) in [5.74, 6) is -0.684. The molecule has 0 unspecified atom stereocenters. The summed E-state index contributed by atoms with van der Waals surface area (Å²) in [6.07, 6.45) is 1.23. The summed E-state index contributed by atoms with van der Waals surface area (Å²) >= 11 is 17.6. The molecule has 144 valence electrons. The van der Waals surface area contributed by atoms with E-state index >= 15 is 0 Å². The standard InChI is InChI=1S/C17H12Cl3FN6O/c18-8-1-3-10(11(19)5-8)17(28)27-26-16-14(22)15(23-7-24-16)25-9-2-4-13(21)12(20)6-9/h1-7H,22H2,(H,27,28)(H2,23,24,25,26). The number of nitrogens with two attached hydrogens (primary N) is 1. The average molecular weight is 442 g/mol. The normalized spacial score (nSPS) is 10.4. The van der Waals surface area contributed by atoms with Crippen molar-refractivity contribution >= 4 is 63.7 Å². The molecule has 0 radical (unpaired) electrons. The summed E-state index contributed by atoms with van der Waals surface area (Å²) in [4.78, 5) is 20.3. The fraction of sp³-hybridized carbons (Fsp3) is 0. The number of anilines is 4. The minimum Gasteiger partial charge on any atom is -0.393 e. The number of rotatable bonds is 5. The molecule has 7 nitrogen and oxygen atoms in total. The number of nitrogens with one attached hydrogen (secondary N) is 3. The average Bonchev–Trinajstić information content (AvgIpc) is 2.65. The van der Waals surface area contributed by atoms with Gasteiger partial charge in [0, 0.05) is 10.7 Å². The first-order valence-electron chi connectivity index (χ1n) is 7.69. The number of halogens is 4. The van der Waals surface area contributed by atoms with Gasteiger partial charge in [0.05, 0.1) is 15.6 Å². The molecule has 5 N–H and O–H groups in total. The van der Waals surface area contributed by atoms with E-state index in [1.54, 1.807) is 0 Å². The molecule has 11 heteroatoms. The van der Waals surface area contributed by atoms with Gasteiger partial charge in [-0.05, 0) is 36.4 Å². The van der Waals surface area contributed by atoms with Gasteiger partial charge in [0.2, 0.25) is 0 Å². The van der Waals surface area contributed by atoms with E-state index in [0.717, 1.165) is 0 Å². The molecule has 0 spiro atoms. The molecular weight excluding hydrogens is 430 g/mol. The van der Waals surface area contributed by atoms with E-state index in [4.69, 9.17) is 40.5 Å². The third kappa shape index (κ3) is 4.53. The van der Waals surface area contributed by atoms with Crippen LogP contribution in [0.3, 0.4) is 0 Å². The number of aromatic nitrogens is 2. The zero-order chi connectivity index (χ0) is 20.3. The lowest BCUT2D eigenvalue weighted by Gasteiger charge is -2.13. The second kappa shape index (κ2) is 8.47. The van der Waals surface area contributed by atoms with Crippen molar-refractivity contribution in [1.82, 2.24) is 15.4 Å². The Hall–Kier alpha value is -2.81. The predicted molar refractivity (Wildman–Crippen MR) is 109 cm³/mol. The van der Waals surface area contributed by atoms with Crippen molar-refractivity contribution in [2.45, 2.75) is 0 Å². The Bertz CT molecular complexity index is 1050. The number of carbonyl (C=O) groups excluding carboxylic acids is 1. The maximum Gasteiger partial charge on any atom is 0.271 e. The Balaban J connectivity index is 1.73. The monoisotopic (exact) mass is 440 g/mol.